The monoisotopic (exact) mass is 199 g/mol. The van der Waals surface area contributed by atoms with Crippen molar-refractivity contribution in [1.82, 2.24) is 0 Å². The number of hydrogen-bond donors (Lipinski definition) is 0. The molecule has 49 valence electrons. The molecule has 0 aliphatic heterocycles. The first-order valence-electron chi connectivity index (χ1n) is 3.38. The van der Waals surface area contributed by atoms with E-state index in [1.54, 1.807) is 8.85 Å². The number of rotatable bonds is 1. The van der Waals surface area contributed by atoms with E-state index in [2.05, 4.69) is 28.3 Å². The van der Waals surface area contributed by atoms with Crippen LogP contribution in [0.5, 0.6) is 0 Å². The third-order valence-corrected chi connectivity index (χ3v) is 5.81. The summed E-state index contributed by atoms with van der Waals surface area (Å²) < 4.78 is 6.62. The fraction of sp³-hybridized carbons (Fsp3) is 0.500. The second-order valence-electron chi connectivity index (χ2n) is 2.80. The maximum absolute atomic E-state index is 2.44. The summed E-state index contributed by atoms with van der Waals surface area (Å²) in [6, 6.07) is 0. The molecule has 0 nitrogen and oxygen atoms in total. The van der Waals surface area contributed by atoms with Crippen LogP contribution in [0, 0.1) is 0 Å². The quantitative estimate of drug-likeness (QED) is 0.610. The van der Waals surface area contributed by atoms with Gasteiger partial charge in [-0.2, -0.15) is 0 Å². The maximum atomic E-state index is 2.44. The van der Waals surface area contributed by atoms with Gasteiger partial charge in [0.25, 0.3) is 0 Å². The number of hydrogen-bond acceptors (Lipinski definition) is 0. The van der Waals surface area contributed by atoms with E-state index in [9.17, 15) is 0 Å². The molecule has 0 spiro atoms. The minimum absolute atomic E-state index is 0.987. The van der Waals surface area contributed by atoms with Crippen molar-refractivity contribution in [2.24, 2.45) is 0 Å². The van der Waals surface area contributed by atoms with E-state index in [4.69, 9.17) is 0 Å². The van der Waals surface area contributed by atoms with Gasteiger partial charge >= 0.3 is 65.4 Å². The van der Waals surface area contributed by atoms with Gasteiger partial charge in [0, 0.05) is 0 Å². The van der Waals surface area contributed by atoms with Crippen LogP contribution in [0.1, 0.15) is 13.3 Å². The molecule has 0 fully saturated rings. The first kappa shape index (κ1) is 7.47. The van der Waals surface area contributed by atoms with Crippen LogP contribution < -0.4 is 0 Å². The Labute approximate surface area is 65.3 Å². The summed E-state index contributed by atoms with van der Waals surface area (Å²) in [6.45, 7) is 2.27. The van der Waals surface area contributed by atoms with Crippen molar-refractivity contribution in [2.75, 3.05) is 0 Å². The van der Waals surface area contributed by atoms with Crippen LogP contribution in [-0.4, -0.2) is 0 Å². The van der Waals surface area contributed by atoms with E-state index >= 15 is 0 Å². The first-order chi connectivity index (χ1) is 4.22. The Hall–Kier alpha value is 0.363. The SMILES string of the molecule is CC1=[C]([Zr]([CH3])[CH3])C=CC1. The predicted molar refractivity (Wildman–Crippen MR) is 38.2 cm³/mol. The third-order valence-electron chi connectivity index (χ3n) is 1.71. The molecular weight excluding hydrogens is 187 g/mol. The summed E-state index contributed by atoms with van der Waals surface area (Å²) in [5.41, 5.74) is 1.63. The molecule has 0 unspecified atom stereocenters. The standard InChI is InChI=1S/C6H7.2CH3.Zr/c1-6-4-2-3-5-6;;;/h2-3H,4H2,1H3;2*1H3;. The van der Waals surface area contributed by atoms with Gasteiger partial charge in [0.1, 0.15) is 0 Å². The molecule has 0 radical (unpaired) electrons. The van der Waals surface area contributed by atoms with E-state index in [0.29, 0.717) is 0 Å². The molecule has 0 saturated heterocycles. The van der Waals surface area contributed by atoms with E-state index in [0.717, 1.165) is 0 Å². The molecule has 0 N–H and O–H groups in total. The van der Waals surface area contributed by atoms with Crippen LogP contribution in [0.25, 0.3) is 0 Å². The molecule has 0 saturated carbocycles. The Morgan fingerprint density at radius 3 is 2.33 bits per heavy atom. The zero-order valence-corrected chi connectivity index (χ0v) is 8.82. The molecule has 9 heavy (non-hydrogen) atoms. The van der Waals surface area contributed by atoms with Crippen molar-refractivity contribution in [3.05, 3.63) is 21.0 Å². The fourth-order valence-electron chi connectivity index (χ4n) is 1.20. The predicted octanol–water partition coefficient (Wildman–Crippen LogP) is 2.93. The normalized spacial score (nSPS) is 17.2. The molecule has 0 bridgehead atoms. The fourth-order valence-corrected chi connectivity index (χ4v) is 4.66. The molecular formula is C8H13Zr. The molecule has 1 aliphatic carbocycles. The molecule has 1 rings (SSSR count). The van der Waals surface area contributed by atoms with Gasteiger partial charge in [-0.15, -0.1) is 0 Å². The third kappa shape index (κ3) is 1.64. The molecule has 0 aromatic rings. The Morgan fingerprint density at radius 1 is 1.44 bits per heavy atom. The Bertz CT molecular complexity index is 163. The second kappa shape index (κ2) is 2.97. The topological polar surface area (TPSA) is 0 Å². The van der Waals surface area contributed by atoms with Crippen LogP contribution in [0.15, 0.2) is 21.0 Å². The average molecular weight is 200 g/mol. The van der Waals surface area contributed by atoms with Crippen LogP contribution in [-0.2, 0) is 21.8 Å². The molecule has 0 atom stereocenters. The molecule has 0 aromatic heterocycles. The van der Waals surface area contributed by atoms with Crippen molar-refractivity contribution < 1.29 is 21.8 Å². The molecule has 0 aromatic carbocycles. The van der Waals surface area contributed by atoms with Crippen molar-refractivity contribution in [1.29, 1.82) is 0 Å². The zero-order chi connectivity index (χ0) is 6.85. The first-order valence-corrected chi connectivity index (χ1v) is 9.53. The van der Waals surface area contributed by atoms with Gasteiger partial charge < -0.3 is 0 Å². The Kier molecular flexibility index (Phi) is 2.46. The van der Waals surface area contributed by atoms with Crippen LogP contribution >= 0.6 is 0 Å². The summed E-state index contributed by atoms with van der Waals surface area (Å²) in [5.74, 6) is 0. The molecule has 1 heteroatoms. The second-order valence-corrected chi connectivity index (χ2v) is 9.04. The van der Waals surface area contributed by atoms with E-state index in [1.165, 1.54) is 6.42 Å². The average Bonchev–Trinajstić information content (AvgIpc) is 2.13. The molecule has 0 amide bonds. The summed E-state index contributed by atoms with van der Waals surface area (Å²) in [4.78, 5) is 0. The van der Waals surface area contributed by atoms with Gasteiger partial charge in [-0.05, 0) is 0 Å². The zero-order valence-electron chi connectivity index (χ0n) is 6.36. The van der Waals surface area contributed by atoms with Gasteiger partial charge in [0.05, 0.1) is 0 Å². The summed E-state index contributed by atoms with van der Waals surface area (Å²) in [6.07, 6.45) is 5.85. The number of allylic oxidation sites excluding steroid dienone is 4. The van der Waals surface area contributed by atoms with Gasteiger partial charge in [-0.3, -0.25) is 0 Å². The summed E-state index contributed by atoms with van der Waals surface area (Å²) in [5, 5.41) is 0. The van der Waals surface area contributed by atoms with Crippen LogP contribution in [0.2, 0.25) is 9.26 Å². The van der Waals surface area contributed by atoms with Gasteiger partial charge in [0.2, 0.25) is 0 Å². The Morgan fingerprint density at radius 2 is 2.11 bits per heavy atom. The van der Waals surface area contributed by atoms with Crippen molar-refractivity contribution >= 4 is 0 Å². The summed E-state index contributed by atoms with van der Waals surface area (Å²) in [7, 11) is 0. The van der Waals surface area contributed by atoms with E-state index < -0.39 is 21.8 Å². The van der Waals surface area contributed by atoms with Crippen LogP contribution in [0.3, 0.4) is 0 Å². The van der Waals surface area contributed by atoms with E-state index in [1.807, 2.05) is 0 Å². The van der Waals surface area contributed by atoms with E-state index in [-0.39, 0.29) is 0 Å². The van der Waals surface area contributed by atoms with Gasteiger partial charge in [-0.1, -0.05) is 0 Å². The van der Waals surface area contributed by atoms with Gasteiger partial charge in [0.15, 0.2) is 0 Å². The van der Waals surface area contributed by atoms with Crippen molar-refractivity contribution in [3.63, 3.8) is 0 Å². The molecule has 1 aliphatic rings. The molecule has 0 heterocycles. The van der Waals surface area contributed by atoms with Crippen LogP contribution in [0.4, 0.5) is 0 Å². The van der Waals surface area contributed by atoms with Crippen molar-refractivity contribution in [3.8, 4) is 0 Å². The summed E-state index contributed by atoms with van der Waals surface area (Å²) >= 11 is -0.987. The van der Waals surface area contributed by atoms with Crippen molar-refractivity contribution in [2.45, 2.75) is 22.6 Å². The minimum atomic E-state index is -0.987. The van der Waals surface area contributed by atoms with Gasteiger partial charge in [-0.25, -0.2) is 0 Å². The Balaban J connectivity index is 2.77.